The summed E-state index contributed by atoms with van der Waals surface area (Å²) in [6.45, 7) is 7.33. The van der Waals surface area contributed by atoms with Gasteiger partial charge in [0.1, 0.15) is 5.60 Å². The first-order valence-electron chi connectivity index (χ1n) is 8.54. The molecule has 2 rings (SSSR count). The third kappa shape index (κ3) is 7.28. The summed E-state index contributed by atoms with van der Waals surface area (Å²) in [5.74, 6) is 5.35. The molecule has 1 N–H and O–H groups in total. The van der Waals surface area contributed by atoms with Gasteiger partial charge < -0.3 is 10.1 Å². The molecule has 142 valence electrons. The molecule has 1 unspecified atom stereocenters. The van der Waals surface area contributed by atoms with Gasteiger partial charge in [-0.25, -0.2) is 9.78 Å². The molecular formula is C21H22ClFN2O2. The van der Waals surface area contributed by atoms with Crippen LogP contribution >= 0.6 is 11.6 Å². The van der Waals surface area contributed by atoms with Crippen molar-refractivity contribution in [3.8, 4) is 11.8 Å². The van der Waals surface area contributed by atoms with Gasteiger partial charge in [0.05, 0.1) is 0 Å². The molecule has 0 aliphatic heterocycles. The number of halogens is 2. The van der Waals surface area contributed by atoms with Crippen molar-refractivity contribution >= 4 is 17.7 Å². The summed E-state index contributed by atoms with van der Waals surface area (Å²) in [6.07, 6.45) is 1.48. The van der Waals surface area contributed by atoms with E-state index in [1.165, 1.54) is 12.3 Å². The molecule has 0 saturated heterocycles. The van der Waals surface area contributed by atoms with E-state index in [9.17, 15) is 9.18 Å². The van der Waals surface area contributed by atoms with E-state index in [-0.39, 0.29) is 6.04 Å². The first-order valence-corrected chi connectivity index (χ1v) is 8.92. The van der Waals surface area contributed by atoms with Crippen LogP contribution in [0.25, 0.3) is 0 Å². The highest BCUT2D eigenvalue weighted by molar-refractivity contribution is 6.31. The lowest BCUT2D eigenvalue weighted by Gasteiger charge is -2.22. The predicted molar refractivity (Wildman–Crippen MR) is 104 cm³/mol. The van der Waals surface area contributed by atoms with Crippen LogP contribution in [0.2, 0.25) is 5.02 Å². The zero-order valence-electron chi connectivity index (χ0n) is 15.8. The number of aromatic nitrogens is 1. The van der Waals surface area contributed by atoms with Crippen LogP contribution in [-0.4, -0.2) is 22.7 Å². The zero-order chi connectivity index (χ0) is 20.0. The fourth-order valence-corrected chi connectivity index (χ4v) is 2.53. The number of amides is 1. The van der Waals surface area contributed by atoms with Crippen LogP contribution in [0.1, 0.15) is 44.4 Å². The molecule has 1 aromatic heterocycles. The molecule has 1 atom stereocenters. The van der Waals surface area contributed by atoms with E-state index in [2.05, 4.69) is 22.1 Å². The smallest absolute Gasteiger partial charge is 0.407 e. The molecule has 0 spiro atoms. The van der Waals surface area contributed by atoms with Crippen LogP contribution in [0.5, 0.6) is 0 Å². The summed E-state index contributed by atoms with van der Waals surface area (Å²) in [6, 6.07) is 8.18. The van der Waals surface area contributed by atoms with Gasteiger partial charge in [0.25, 0.3) is 0 Å². The van der Waals surface area contributed by atoms with Crippen molar-refractivity contribution in [2.24, 2.45) is 0 Å². The summed E-state index contributed by atoms with van der Waals surface area (Å²) < 4.78 is 18.0. The number of nitrogens with one attached hydrogen (secondary N) is 1. The van der Waals surface area contributed by atoms with Gasteiger partial charge in [-0.3, -0.25) is 0 Å². The van der Waals surface area contributed by atoms with Crippen molar-refractivity contribution in [2.75, 3.05) is 0 Å². The van der Waals surface area contributed by atoms with Crippen LogP contribution in [-0.2, 0) is 11.2 Å². The molecule has 1 amide bonds. The zero-order valence-corrected chi connectivity index (χ0v) is 16.5. The van der Waals surface area contributed by atoms with Crippen LogP contribution in [0.4, 0.5) is 9.18 Å². The molecule has 0 radical (unpaired) electrons. The SMILES string of the molecule is CC(Cc1ccc(C#Cc2ccc(F)nc2)cc1Cl)NC(=O)OC(C)(C)C. The summed E-state index contributed by atoms with van der Waals surface area (Å²) in [5.41, 5.74) is 1.71. The maximum atomic E-state index is 12.8. The van der Waals surface area contributed by atoms with Crippen LogP contribution in [0, 0.1) is 17.8 Å². The van der Waals surface area contributed by atoms with Gasteiger partial charge >= 0.3 is 6.09 Å². The lowest BCUT2D eigenvalue weighted by atomic mass is 10.0. The first-order chi connectivity index (χ1) is 12.6. The van der Waals surface area contributed by atoms with Crippen molar-refractivity contribution in [1.82, 2.24) is 10.3 Å². The first kappa shape index (κ1) is 20.7. The van der Waals surface area contributed by atoms with Crippen molar-refractivity contribution in [1.29, 1.82) is 0 Å². The molecule has 0 fully saturated rings. The Hall–Kier alpha value is -2.58. The van der Waals surface area contributed by atoms with E-state index < -0.39 is 17.6 Å². The van der Waals surface area contributed by atoms with E-state index in [4.69, 9.17) is 16.3 Å². The number of alkyl carbamates (subject to hydrolysis) is 1. The molecule has 0 bridgehead atoms. The number of benzene rings is 1. The molecule has 4 nitrogen and oxygen atoms in total. The van der Waals surface area contributed by atoms with E-state index >= 15 is 0 Å². The third-order valence-electron chi connectivity index (χ3n) is 3.42. The van der Waals surface area contributed by atoms with Crippen molar-refractivity contribution < 1.29 is 13.9 Å². The Morgan fingerprint density at radius 2 is 1.93 bits per heavy atom. The maximum Gasteiger partial charge on any atom is 0.407 e. The molecule has 1 heterocycles. The third-order valence-corrected chi connectivity index (χ3v) is 3.77. The Morgan fingerprint density at radius 3 is 2.52 bits per heavy atom. The van der Waals surface area contributed by atoms with Gasteiger partial charge in [0, 0.05) is 28.4 Å². The number of hydrogen-bond donors (Lipinski definition) is 1. The quantitative estimate of drug-likeness (QED) is 0.611. The fourth-order valence-electron chi connectivity index (χ4n) is 2.27. The molecule has 1 aromatic carbocycles. The predicted octanol–water partition coefficient (Wildman–Crippen LogP) is 4.73. The van der Waals surface area contributed by atoms with Gasteiger partial charge in [-0.05, 0) is 63.9 Å². The Balaban J connectivity index is 2.00. The van der Waals surface area contributed by atoms with Gasteiger partial charge in [-0.2, -0.15) is 4.39 Å². The second-order valence-electron chi connectivity index (χ2n) is 7.18. The minimum absolute atomic E-state index is 0.139. The van der Waals surface area contributed by atoms with Crippen LogP contribution in [0.15, 0.2) is 36.5 Å². The monoisotopic (exact) mass is 388 g/mol. The summed E-state index contributed by atoms with van der Waals surface area (Å²) in [5, 5.41) is 3.36. The van der Waals surface area contributed by atoms with Crippen molar-refractivity contribution in [3.63, 3.8) is 0 Å². The average Bonchev–Trinajstić information content (AvgIpc) is 2.54. The Bertz CT molecular complexity index is 864. The Kier molecular flexibility index (Phi) is 6.81. The van der Waals surface area contributed by atoms with Crippen molar-refractivity contribution in [3.05, 3.63) is 64.2 Å². The number of ether oxygens (including phenoxy) is 1. The van der Waals surface area contributed by atoms with Gasteiger partial charge in [0.2, 0.25) is 5.95 Å². The highest BCUT2D eigenvalue weighted by atomic mass is 35.5. The lowest BCUT2D eigenvalue weighted by molar-refractivity contribution is 0.0508. The Morgan fingerprint density at radius 1 is 1.26 bits per heavy atom. The van der Waals surface area contributed by atoms with Gasteiger partial charge in [0.15, 0.2) is 0 Å². The number of carbonyl (C=O) groups is 1. The molecule has 2 aromatic rings. The Labute approximate surface area is 164 Å². The lowest BCUT2D eigenvalue weighted by Crippen LogP contribution is -2.38. The van der Waals surface area contributed by atoms with E-state index in [1.807, 2.05) is 39.8 Å². The largest absolute Gasteiger partial charge is 0.444 e. The summed E-state index contributed by atoms with van der Waals surface area (Å²) >= 11 is 6.35. The second-order valence-corrected chi connectivity index (χ2v) is 7.58. The topological polar surface area (TPSA) is 51.2 Å². The summed E-state index contributed by atoms with van der Waals surface area (Å²) in [7, 11) is 0. The van der Waals surface area contributed by atoms with E-state index in [0.717, 1.165) is 11.1 Å². The normalized spacial score (nSPS) is 11.9. The second kappa shape index (κ2) is 8.88. The highest BCUT2D eigenvalue weighted by Crippen LogP contribution is 2.19. The minimum Gasteiger partial charge on any atom is -0.444 e. The molecule has 0 saturated carbocycles. The van der Waals surface area contributed by atoms with Gasteiger partial charge in [-0.1, -0.05) is 29.5 Å². The standard InChI is InChI=1S/C21H22ClFN2O2/c1-14(25-20(26)27-21(2,3)4)11-17-9-7-15(12-18(17)22)5-6-16-8-10-19(23)24-13-16/h7-10,12-14H,11H2,1-4H3,(H,25,26). The van der Waals surface area contributed by atoms with Crippen molar-refractivity contribution in [2.45, 2.75) is 45.8 Å². The molecule has 0 aliphatic rings. The van der Waals surface area contributed by atoms with E-state index in [1.54, 1.807) is 12.1 Å². The fraction of sp³-hybridized carbons (Fsp3) is 0.333. The number of carbonyl (C=O) groups excluding carboxylic acids is 1. The molecule has 27 heavy (non-hydrogen) atoms. The number of pyridine rings is 1. The van der Waals surface area contributed by atoms with Crippen LogP contribution in [0.3, 0.4) is 0 Å². The minimum atomic E-state index is -0.540. The number of hydrogen-bond acceptors (Lipinski definition) is 3. The van der Waals surface area contributed by atoms with Gasteiger partial charge in [-0.15, -0.1) is 0 Å². The maximum absolute atomic E-state index is 12.8. The number of nitrogens with zero attached hydrogens (tertiary/aromatic N) is 1. The highest BCUT2D eigenvalue weighted by Gasteiger charge is 2.18. The van der Waals surface area contributed by atoms with E-state index in [0.29, 0.717) is 17.0 Å². The molecule has 6 heteroatoms. The number of rotatable bonds is 3. The molecular weight excluding hydrogens is 367 g/mol. The average molecular weight is 389 g/mol. The summed E-state index contributed by atoms with van der Waals surface area (Å²) in [4.78, 5) is 15.4. The van der Waals surface area contributed by atoms with Crippen LogP contribution < -0.4 is 5.32 Å². The molecule has 0 aliphatic carbocycles.